The fourth-order valence-corrected chi connectivity index (χ4v) is 2.75. The van der Waals surface area contributed by atoms with Crippen LogP contribution in [-0.4, -0.2) is 14.9 Å². The topological polar surface area (TPSA) is 68.9 Å². The molecule has 0 aliphatic heterocycles. The minimum atomic E-state index is -0.698. The molecule has 98 valence electrons. The molecule has 0 aliphatic carbocycles. The maximum absolute atomic E-state index is 10.7. The van der Waals surface area contributed by atoms with E-state index in [1.54, 1.807) is 0 Å². The zero-order valence-electron chi connectivity index (χ0n) is 9.42. The molecule has 2 aromatic rings. The summed E-state index contributed by atoms with van der Waals surface area (Å²) in [4.78, 5) is 17.7. The Bertz CT molecular complexity index is 587. The summed E-state index contributed by atoms with van der Waals surface area (Å²) in [6.07, 6.45) is 0. The van der Waals surface area contributed by atoms with E-state index in [4.69, 9.17) is 23.2 Å². The minimum Gasteiger partial charge on any atom is -0.258 e. The van der Waals surface area contributed by atoms with Gasteiger partial charge in [-0.2, -0.15) is 0 Å². The highest BCUT2D eigenvalue weighted by atomic mass is 35.5. The Balaban J connectivity index is 2.16. The number of benzene rings is 1. The van der Waals surface area contributed by atoms with Crippen LogP contribution in [0.25, 0.3) is 0 Å². The van der Waals surface area contributed by atoms with E-state index >= 15 is 0 Å². The van der Waals surface area contributed by atoms with Crippen LogP contribution in [0.3, 0.4) is 0 Å². The lowest BCUT2D eigenvalue weighted by atomic mass is 10.2. The van der Waals surface area contributed by atoms with Crippen LogP contribution in [0.4, 0.5) is 5.69 Å². The average molecular weight is 316 g/mol. The second kappa shape index (κ2) is 6.18. The highest BCUT2D eigenvalue weighted by Gasteiger charge is 2.22. The normalized spacial score (nSPS) is 10.4. The number of hydrogen-bond acceptors (Lipinski definition) is 5. The maximum atomic E-state index is 10.7. The molecule has 0 unspecified atom stereocenters. The largest absolute Gasteiger partial charge is 0.343 e. The van der Waals surface area contributed by atoms with E-state index in [-0.39, 0.29) is 10.3 Å². The van der Waals surface area contributed by atoms with Crippen molar-refractivity contribution in [1.29, 1.82) is 0 Å². The molecule has 0 fully saturated rings. The molecule has 19 heavy (non-hydrogen) atoms. The fourth-order valence-electron chi connectivity index (χ4n) is 1.32. The van der Waals surface area contributed by atoms with Crippen LogP contribution in [0.5, 0.6) is 0 Å². The molecule has 2 rings (SSSR count). The van der Waals surface area contributed by atoms with E-state index in [1.807, 2.05) is 30.3 Å². The first-order valence-corrected chi connectivity index (χ1v) is 6.86. The third-order valence-electron chi connectivity index (χ3n) is 2.17. The monoisotopic (exact) mass is 315 g/mol. The smallest absolute Gasteiger partial charge is 0.258 e. The van der Waals surface area contributed by atoms with Gasteiger partial charge < -0.3 is 0 Å². The molecule has 0 spiro atoms. The van der Waals surface area contributed by atoms with Crippen LogP contribution in [0.2, 0.25) is 10.3 Å². The second-order valence-corrected chi connectivity index (χ2v) is 5.13. The molecule has 0 amide bonds. The molecule has 0 N–H and O–H groups in total. The molecule has 0 saturated heterocycles. The van der Waals surface area contributed by atoms with E-state index in [1.165, 1.54) is 11.8 Å². The third kappa shape index (κ3) is 3.56. The van der Waals surface area contributed by atoms with E-state index in [0.29, 0.717) is 10.9 Å². The highest BCUT2D eigenvalue weighted by molar-refractivity contribution is 7.98. The lowest BCUT2D eigenvalue weighted by molar-refractivity contribution is -0.385. The van der Waals surface area contributed by atoms with Gasteiger partial charge in [0.25, 0.3) is 0 Å². The van der Waals surface area contributed by atoms with Gasteiger partial charge >= 0.3 is 5.69 Å². The Morgan fingerprint density at radius 2 is 1.74 bits per heavy atom. The summed E-state index contributed by atoms with van der Waals surface area (Å²) in [5, 5.41) is 10.5. The summed E-state index contributed by atoms with van der Waals surface area (Å²) in [5.74, 6) is 0.630. The van der Waals surface area contributed by atoms with Crippen molar-refractivity contribution in [3.05, 3.63) is 56.3 Å². The molecule has 0 saturated carbocycles. The first-order valence-electron chi connectivity index (χ1n) is 5.12. The number of hydrogen-bond donors (Lipinski definition) is 0. The zero-order chi connectivity index (χ0) is 13.8. The van der Waals surface area contributed by atoms with Gasteiger partial charge in [0, 0.05) is 5.75 Å². The predicted octanol–water partition coefficient (Wildman–Crippen LogP) is 3.98. The first kappa shape index (κ1) is 14.0. The van der Waals surface area contributed by atoms with E-state index < -0.39 is 10.6 Å². The summed E-state index contributed by atoms with van der Waals surface area (Å²) < 4.78 is 0. The van der Waals surface area contributed by atoms with Crippen LogP contribution in [0.15, 0.2) is 35.5 Å². The van der Waals surface area contributed by atoms with Crippen molar-refractivity contribution in [3.8, 4) is 0 Å². The molecule has 0 radical (unpaired) electrons. The Kier molecular flexibility index (Phi) is 4.57. The molecule has 8 heteroatoms. The van der Waals surface area contributed by atoms with Crippen molar-refractivity contribution < 1.29 is 4.92 Å². The van der Waals surface area contributed by atoms with Gasteiger partial charge in [-0.3, -0.25) is 10.1 Å². The molecule has 0 atom stereocenters. The number of halogens is 2. The van der Waals surface area contributed by atoms with Gasteiger partial charge in [-0.05, 0) is 5.56 Å². The summed E-state index contributed by atoms with van der Waals surface area (Å²) in [7, 11) is 0. The van der Waals surface area contributed by atoms with Gasteiger partial charge in [0.05, 0.1) is 4.92 Å². The van der Waals surface area contributed by atoms with Crippen LogP contribution < -0.4 is 0 Å². The maximum Gasteiger partial charge on any atom is 0.343 e. The lowest BCUT2D eigenvalue weighted by Crippen LogP contribution is -1.97. The van der Waals surface area contributed by atoms with Crippen molar-refractivity contribution in [1.82, 2.24) is 9.97 Å². The Hall–Kier alpha value is -1.37. The molecule has 1 aromatic heterocycles. The van der Waals surface area contributed by atoms with Crippen LogP contribution in [0, 0.1) is 10.1 Å². The fraction of sp³-hybridized carbons (Fsp3) is 0.0909. The zero-order valence-corrected chi connectivity index (χ0v) is 11.7. The Morgan fingerprint density at radius 3 is 2.26 bits per heavy atom. The van der Waals surface area contributed by atoms with Crippen LogP contribution in [0.1, 0.15) is 5.56 Å². The quantitative estimate of drug-likeness (QED) is 0.280. The van der Waals surface area contributed by atoms with Gasteiger partial charge in [0.2, 0.25) is 10.3 Å². The van der Waals surface area contributed by atoms with Gasteiger partial charge in [0.1, 0.15) is 0 Å². The van der Waals surface area contributed by atoms with Crippen molar-refractivity contribution in [2.45, 2.75) is 10.9 Å². The van der Waals surface area contributed by atoms with Gasteiger partial charge in [-0.15, -0.1) is 0 Å². The summed E-state index contributed by atoms with van der Waals surface area (Å²) in [6, 6.07) is 9.69. The molecular weight excluding hydrogens is 309 g/mol. The second-order valence-electron chi connectivity index (χ2n) is 3.47. The molecule has 0 bridgehead atoms. The summed E-state index contributed by atoms with van der Waals surface area (Å²) in [5.41, 5.74) is 0.620. The number of nitrogens with zero attached hydrogens (tertiary/aromatic N) is 3. The van der Waals surface area contributed by atoms with Gasteiger partial charge in [-0.1, -0.05) is 65.3 Å². The number of aromatic nitrogens is 2. The minimum absolute atomic E-state index is 0.249. The molecule has 1 aromatic carbocycles. The Labute approximate surface area is 123 Å². The van der Waals surface area contributed by atoms with E-state index in [0.717, 1.165) is 5.56 Å². The number of thioether (sulfide) groups is 1. The van der Waals surface area contributed by atoms with Crippen molar-refractivity contribution in [2.75, 3.05) is 0 Å². The average Bonchev–Trinajstić information content (AvgIpc) is 2.36. The Morgan fingerprint density at radius 1 is 1.16 bits per heavy atom. The number of nitro groups is 1. The van der Waals surface area contributed by atoms with Crippen LogP contribution >= 0.6 is 35.0 Å². The highest BCUT2D eigenvalue weighted by Crippen LogP contribution is 2.32. The van der Waals surface area contributed by atoms with Crippen molar-refractivity contribution in [2.24, 2.45) is 0 Å². The van der Waals surface area contributed by atoms with Gasteiger partial charge in [0.15, 0.2) is 5.16 Å². The molecular formula is C11H7Cl2N3O2S. The SMILES string of the molecule is O=[N+]([O-])c1c(Cl)nc(SCc2ccccc2)nc1Cl. The summed E-state index contributed by atoms with van der Waals surface area (Å²) in [6.45, 7) is 0. The van der Waals surface area contributed by atoms with E-state index in [2.05, 4.69) is 9.97 Å². The molecule has 1 heterocycles. The standard InChI is InChI=1S/C11H7Cl2N3O2S/c12-9-8(16(17)18)10(13)15-11(14-9)19-6-7-4-2-1-3-5-7/h1-5H,6H2. The predicted molar refractivity (Wildman–Crippen MR) is 74.7 cm³/mol. The van der Waals surface area contributed by atoms with Crippen molar-refractivity contribution in [3.63, 3.8) is 0 Å². The van der Waals surface area contributed by atoms with Crippen molar-refractivity contribution >= 4 is 40.7 Å². The summed E-state index contributed by atoms with van der Waals surface area (Å²) >= 11 is 12.8. The lowest BCUT2D eigenvalue weighted by Gasteiger charge is -2.02. The first-order chi connectivity index (χ1) is 9.08. The van der Waals surface area contributed by atoms with E-state index in [9.17, 15) is 10.1 Å². The molecule has 0 aliphatic rings. The number of rotatable bonds is 4. The molecule has 5 nitrogen and oxygen atoms in total. The van der Waals surface area contributed by atoms with Gasteiger partial charge in [-0.25, -0.2) is 9.97 Å². The third-order valence-corrected chi connectivity index (χ3v) is 3.62. The van der Waals surface area contributed by atoms with Crippen LogP contribution in [-0.2, 0) is 5.75 Å².